The molecule has 0 atom stereocenters. The standard InChI is InChI=1S/C15H14FN3O/c16-11-5-1-2-6-12(11)19-15(20)10-4-3-7-13-14(10)18-9-8-17-13/h1-7,17-18H,8-9H2,(H,19,20). The minimum absolute atomic E-state index is 0.180. The Morgan fingerprint density at radius 3 is 2.70 bits per heavy atom. The molecule has 0 aromatic heterocycles. The third-order valence-corrected chi connectivity index (χ3v) is 3.17. The highest BCUT2D eigenvalue weighted by atomic mass is 19.1. The van der Waals surface area contributed by atoms with Crippen molar-refractivity contribution in [2.45, 2.75) is 0 Å². The van der Waals surface area contributed by atoms with Gasteiger partial charge in [0.2, 0.25) is 0 Å². The van der Waals surface area contributed by atoms with E-state index in [4.69, 9.17) is 0 Å². The van der Waals surface area contributed by atoms with Crippen molar-refractivity contribution in [3.8, 4) is 0 Å². The van der Waals surface area contributed by atoms with Gasteiger partial charge in [0.05, 0.1) is 22.6 Å². The smallest absolute Gasteiger partial charge is 0.257 e. The summed E-state index contributed by atoms with van der Waals surface area (Å²) in [6.45, 7) is 1.56. The third kappa shape index (κ3) is 2.30. The first-order valence-corrected chi connectivity index (χ1v) is 6.42. The molecule has 0 unspecified atom stereocenters. The van der Waals surface area contributed by atoms with E-state index in [9.17, 15) is 9.18 Å². The number of halogens is 1. The van der Waals surface area contributed by atoms with E-state index in [1.165, 1.54) is 12.1 Å². The molecule has 5 heteroatoms. The second-order valence-electron chi connectivity index (χ2n) is 4.52. The van der Waals surface area contributed by atoms with Crippen LogP contribution in [-0.4, -0.2) is 19.0 Å². The zero-order chi connectivity index (χ0) is 13.9. The summed E-state index contributed by atoms with van der Waals surface area (Å²) in [5.74, 6) is -0.778. The summed E-state index contributed by atoms with van der Waals surface area (Å²) in [6.07, 6.45) is 0. The maximum absolute atomic E-state index is 13.6. The molecule has 3 N–H and O–H groups in total. The van der Waals surface area contributed by atoms with Gasteiger partial charge in [-0.15, -0.1) is 0 Å². The number of rotatable bonds is 2. The van der Waals surface area contributed by atoms with Crippen molar-refractivity contribution >= 4 is 23.0 Å². The molecule has 0 fully saturated rings. The molecule has 0 spiro atoms. The summed E-state index contributed by atoms with van der Waals surface area (Å²) in [6, 6.07) is 11.5. The minimum Gasteiger partial charge on any atom is -0.382 e. The lowest BCUT2D eigenvalue weighted by atomic mass is 10.1. The topological polar surface area (TPSA) is 53.2 Å². The molecule has 4 nitrogen and oxygen atoms in total. The number of anilines is 3. The van der Waals surface area contributed by atoms with Crippen LogP contribution in [0.2, 0.25) is 0 Å². The lowest BCUT2D eigenvalue weighted by Gasteiger charge is -2.22. The fourth-order valence-electron chi connectivity index (χ4n) is 2.22. The highest BCUT2D eigenvalue weighted by molar-refractivity contribution is 6.10. The Balaban J connectivity index is 1.90. The lowest BCUT2D eigenvalue weighted by molar-refractivity contribution is 0.102. The molecule has 0 radical (unpaired) electrons. The Kier molecular flexibility index (Phi) is 3.25. The fourth-order valence-corrected chi connectivity index (χ4v) is 2.22. The van der Waals surface area contributed by atoms with Gasteiger partial charge in [0.1, 0.15) is 5.82 Å². The second-order valence-corrected chi connectivity index (χ2v) is 4.52. The maximum Gasteiger partial charge on any atom is 0.257 e. The lowest BCUT2D eigenvalue weighted by Crippen LogP contribution is -2.24. The van der Waals surface area contributed by atoms with Gasteiger partial charge in [-0.3, -0.25) is 4.79 Å². The molecule has 0 saturated heterocycles. The van der Waals surface area contributed by atoms with Gasteiger partial charge in [0, 0.05) is 13.1 Å². The van der Waals surface area contributed by atoms with Crippen LogP contribution in [0.4, 0.5) is 21.5 Å². The number of hydrogen-bond donors (Lipinski definition) is 3. The molecular formula is C15H14FN3O. The van der Waals surface area contributed by atoms with Crippen LogP contribution in [0.5, 0.6) is 0 Å². The highest BCUT2D eigenvalue weighted by Crippen LogP contribution is 2.29. The summed E-state index contributed by atoms with van der Waals surface area (Å²) in [5, 5.41) is 9.01. The van der Waals surface area contributed by atoms with Crippen molar-refractivity contribution in [1.82, 2.24) is 0 Å². The van der Waals surface area contributed by atoms with Crippen LogP contribution in [0.25, 0.3) is 0 Å². The van der Waals surface area contributed by atoms with Gasteiger partial charge in [-0.2, -0.15) is 0 Å². The van der Waals surface area contributed by atoms with Gasteiger partial charge >= 0.3 is 0 Å². The molecule has 3 rings (SSSR count). The number of hydrogen-bond acceptors (Lipinski definition) is 3. The molecule has 0 bridgehead atoms. The van der Waals surface area contributed by atoms with E-state index >= 15 is 0 Å². The number of carbonyl (C=O) groups is 1. The average molecular weight is 271 g/mol. The van der Waals surface area contributed by atoms with Crippen LogP contribution < -0.4 is 16.0 Å². The normalized spacial score (nSPS) is 12.8. The summed E-state index contributed by atoms with van der Waals surface area (Å²) in [4.78, 5) is 12.3. The van der Waals surface area contributed by atoms with Crippen LogP contribution in [0.15, 0.2) is 42.5 Å². The Bertz CT molecular complexity index is 657. The van der Waals surface area contributed by atoms with Crippen molar-refractivity contribution in [3.63, 3.8) is 0 Å². The predicted octanol–water partition coefficient (Wildman–Crippen LogP) is 2.92. The van der Waals surface area contributed by atoms with Gasteiger partial charge < -0.3 is 16.0 Å². The highest BCUT2D eigenvalue weighted by Gasteiger charge is 2.17. The third-order valence-electron chi connectivity index (χ3n) is 3.17. The quantitative estimate of drug-likeness (QED) is 0.787. The molecule has 1 amide bonds. The van der Waals surface area contributed by atoms with Crippen LogP contribution in [0.3, 0.4) is 0 Å². The predicted molar refractivity (Wildman–Crippen MR) is 77.8 cm³/mol. The van der Waals surface area contributed by atoms with Crippen LogP contribution in [-0.2, 0) is 0 Å². The number of amides is 1. The van der Waals surface area contributed by atoms with Gasteiger partial charge in [0.25, 0.3) is 5.91 Å². The number of benzene rings is 2. The van der Waals surface area contributed by atoms with E-state index in [1.807, 2.05) is 6.07 Å². The summed E-state index contributed by atoms with van der Waals surface area (Å²) in [5.41, 5.74) is 2.32. The Morgan fingerprint density at radius 2 is 1.85 bits per heavy atom. The summed E-state index contributed by atoms with van der Waals surface area (Å²) >= 11 is 0. The molecule has 102 valence electrons. The number of carbonyl (C=O) groups excluding carboxylic acids is 1. The van der Waals surface area contributed by atoms with Gasteiger partial charge in [-0.25, -0.2) is 4.39 Å². The zero-order valence-electron chi connectivity index (χ0n) is 10.7. The maximum atomic E-state index is 13.6. The Morgan fingerprint density at radius 1 is 1.05 bits per heavy atom. The van der Waals surface area contributed by atoms with E-state index in [-0.39, 0.29) is 11.6 Å². The fraction of sp³-hybridized carbons (Fsp3) is 0.133. The number of fused-ring (bicyclic) bond motifs is 1. The molecule has 20 heavy (non-hydrogen) atoms. The number of para-hydroxylation sites is 2. The van der Waals surface area contributed by atoms with E-state index in [0.717, 1.165) is 24.5 Å². The first-order chi connectivity index (χ1) is 9.75. The first kappa shape index (κ1) is 12.5. The van der Waals surface area contributed by atoms with Gasteiger partial charge in [-0.1, -0.05) is 18.2 Å². The van der Waals surface area contributed by atoms with Crippen molar-refractivity contribution in [1.29, 1.82) is 0 Å². The largest absolute Gasteiger partial charge is 0.382 e. The summed E-state index contributed by atoms with van der Waals surface area (Å²) < 4.78 is 13.6. The molecule has 0 saturated carbocycles. The van der Waals surface area contributed by atoms with Crippen molar-refractivity contribution < 1.29 is 9.18 Å². The van der Waals surface area contributed by atoms with Gasteiger partial charge in [-0.05, 0) is 24.3 Å². The van der Waals surface area contributed by atoms with E-state index in [1.54, 1.807) is 24.3 Å². The van der Waals surface area contributed by atoms with Crippen molar-refractivity contribution in [2.75, 3.05) is 29.0 Å². The summed E-state index contributed by atoms with van der Waals surface area (Å²) in [7, 11) is 0. The van der Waals surface area contributed by atoms with Gasteiger partial charge in [0.15, 0.2) is 0 Å². The molecule has 0 aliphatic carbocycles. The molecule has 2 aromatic rings. The molecule has 1 heterocycles. The van der Waals surface area contributed by atoms with E-state index in [2.05, 4.69) is 16.0 Å². The van der Waals surface area contributed by atoms with Crippen LogP contribution in [0, 0.1) is 5.82 Å². The van der Waals surface area contributed by atoms with E-state index < -0.39 is 5.82 Å². The SMILES string of the molecule is O=C(Nc1ccccc1F)c1cccc2c1NCCN2. The van der Waals surface area contributed by atoms with E-state index in [0.29, 0.717) is 5.56 Å². The molecular weight excluding hydrogens is 257 g/mol. The monoisotopic (exact) mass is 271 g/mol. The zero-order valence-corrected chi connectivity index (χ0v) is 10.7. The van der Waals surface area contributed by atoms with Crippen LogP contribution >= 0.6 is 0 Å². The molecule has 2 aromatic carbocycles. The Hall–Kier alpha value is -2.56. The minimum atomic E-state index is -0.447. The Labute approximate surface area is 116 Å². The van der Waals surface area contributed by atoms with Crippen LogP contribution in [0.1, 0.15) is 10.4 Å². The second kappa shape index (κ2) is 5.21. The average Bonchev–Trinajstić information content (AvgIpc) is 2.49. The molecule has 1 aliphatic heterocycles. The number of nitrogens with one attached hydrogen (secondary N) is 3. The molecule has 1 aliphatic rings. The first-order valence-electron chi connectivity index (χ1n) is 6.42. The van der Waals surface area contributed by atoms with Crippen molar-refractivity contribution in [3.05, 3.63) is 53.8 Å². The van der Waals surface area contributed by atoms with Crippen molar-refractivity contribution in [2.24, 2.45) is 0 Å².